The van der Waals surface area contributed by atoms with Crippen molar-refractivity contribution in [2.24, 2.45) is 0 Å². The SMILES string of the molecule is CC[C@@H](C)NC(=O)[C@@H](C)N(Cc1ccc(C)cc1)C(=O)CCSCc1ccccc1. The minimum absolute atomic E-state index is 0.0166. The number of nitrogens with one attached hydrogen (secondary N) is 1. The van der Waals surface area contributed by atoms with E-state index in [9.17, 15) is 9.59 Å². The first-order valence-electron chi connectivity index (χ1n) is 10.7. The Balaban J connectivity index is 2.00. The van der Waals surface area contributed by atoms with Gasteiger partial charge < -0.3 is 10.2 Å². The summed E-state index contributed by atoms with van der Waals surface area (Å²) in [5.74, 6) is 1.54. The van der Waals surface area contributed by atoms with Gasteiger partial charge >= 0.3 is 0 Å². The molecule has 2 amide bonds. The average molecular weight is 427 g/mol. The van der Waals surface area contributed by atoms with Gasteiger partial charge in [-0.05, 0) is 38.3 Å². The summed E-state index contributed by atoms with van der Waals surface area (Å²) in [7, 11) is 0. The molecule has 4 nitrogen and oxygen atoms in total. The summed E-state index contributed by atoms with van der Waals surface area (Å²) in [5.41, 5.74) is 3.47. The minimum atomic E-state index is -0.507. The number of aryl methyl sites for hydroxylation is 1. The van der Waals surface area contributed by atoms with E-state index in [0.29, 0.717) is 13.0 Å². The molecule has 2 atom stereocenters. The molecule has 0 aliphatic rings. The van der Waals surface area contributed by atoms with Gasteiger partial charge in [0.05, 0.1) is 0 Å². The Morgan fingerprint density at radius 1 is 1.00 bits per heavy atom. The van der Waals surface area contributed by atoms with Crippen LogP contribution >= 0.6 is 11.8 Å². The summed E-state index contributed by atoms with van der Waals surface area (Å²) >= 11 is 1.75. The van der Waals surface area contributed by atoms with Crippen molar-refractivity contribution in [2.45, 2.75) is 64.9 Å². The number of nitrogens with zero attached hydrogens (tertiary/aromatic N) is 1. The van der Waals surface area contributed by atoms with Gasteiger partial charge in [0, 0.05) is 30.5 Å². The number of carbonyl (C=O) groups excluding carboxylic acids is 2. The molecular formula is C25H34N2O2S. The van der Waals surface area contributed by atoms with E-state index in [0.717, 1.165) is 23.5 Å². The van der Waals surface area contributed by atoms with Gasteiger partial charge in [-0.2, -0.15) is 11.8 Å². The van der Waals surface area contributed by atoms with Gasteiger partial charge in [-0.1, -0.05) is 67.1 Å². The lowest BCUT2D eigenvalue weighted by atomic mass is 10.1. The first-order chi connectivity index (χ1) is 14.4. The lowest BCUT2D eigenvalue weighted by molar-refractivity contribution is -0.140. The highest BCUT2D eigenvalue weighted by atomic mass is 32.2. The van der Waals surface area contributed by atoms with Crippen molar-refractivity contribution in [1.29, 1.82) is 0 Å². The van der Waals surface area contributed by atoms with Crippen molar-refractivity contribution < 1.29 is 9.59 Å². The normalized spacial score (nSPS) is 12.8. The Bertz CT molecular complexity index is 793. The van der Waals surface area contributed by atoms with Crippen LogP contribution in [-0.4, -0.2) is 34.6 Å². The standard InChI is InChI=1S/C25H34N2O2S/c1-5-20(3)26-25(29)21(4)27(17-22-13-11-19(2)12-14-22)24(28)15-16-30-18-23-9-7-6-8-10-23/h6-14,20-21H,5,15-18H2,1-4H3,(H,26,29)/t20-,21-/m1/s1. The predicted octanol–water partition coefficient (Wildman–Crippen LogP) is 4.95. The Morgan fingerprint density at radius 3 is 2.30 bits per heavy atom. The molecule has 30 heavy (non-hydrogen) atoms. The van der Waals surface area contributed by atoms with Crippen LogP contribution in [0.5, 0.6) is 0 Å². The van der Waals surface area contributed by atoms with Gasteiger partial charge in [0.15, 0.2) is 0 Å². The van der Waals surface area contributed by atoms with E-state index in [1.54, 1.807) is 16.7 Å². The van der Waals surface area contributed by atoms with Gasteiger partial charge in [-0.15, -0.1) is 0 Å². The van der Waals surface area contributed by atoms with Crippen molar-refractivity contribution in [3.05, 3.63) is 71.3 Å². The number of benzene rings is 2. The number of rotatable bonds is 11. The second-order valence-electron chi connectivity index (χ2n) is 7.79. The molecule has 162 valence electrons. The van der Waals surface area contributed by atoms with Crippen LogP contribution in [0, 0.1) is 6.92 Å². The summed E-state index contributed by atoms with van der Waals surface area (Å²) < 4.78 is 0. The first kappa shape index (κ1) is 24.0. The van der Waals surface area contributed by atoms with Gasteiger partial charge in [-0.3, -0.25) is 9.59 Å². The molecule has 0 fully saturated rings. The Hall–Kier alpha value is -2.27. The fourth-order valence-corrected chi connectivity index (χ4v) is 3.90. The molecule has 2 aromatic rings. The van der Waals surface area contributed by atoms with Gasteiger partial charge in [0.25, 0.3) is 0 Å². The first-order valence-corrected chi connectivity index (χ1v) is 11.8. The maximum atomic E-state index is 13.1. The monoisotopic (exact) mass is 426 g/mol. The average Bonchev–Trinajstić information content (AvgIpc) is 2.76. The molecule has 0 saturated heterocycles. The van der Waals surface area contributed by atoms with Crippen LogP contribution in [0.3, 0.4) is 0 Å². The molecule has 0 heterocycles. The molecule has 0 aliphatic carbocycles. The molecule has 0 aliphatic heterocycles. The third-order valence-corrected chi connectivity index (χ3v) is 6.24. The third kappa shape index (κ3) is 7.86. The second-order valence-corrected chi connectivity index (χ2v) is 8.89. The molecule has 1 N–H and O–H groups in total. The van der Waals surface area contributed by atoms with Gasteiger partial charge in [-0.25, -0.2) is 0 Å². The number of amides is 2. The van der Waals surface area contributed by atoms with Crippen LogP contribution in [0.25, 0.3) is 0 Å². The van der Waals surface area contributed by atoms with E-state index < -0.39 is 6.04 Å². The molecule has 0 bridgehead atoms. The van der Waals surface area contributed by atoms with Crippen molar-refractivity contribution in [1.82, 2.24) is 10.2 Å². The third-order valence-electron chi connectivity index (χ3n) is 5.21. The van der Waals surface area contributed by atoms with E-state index in [1.165, 1.54) is 11.1 Å². The summed E-state index contributed by atoms with van der Waals surface area (Å²) in [5, 5.41) is 3.01. The van der Waals surface area contributed by atoms with Crippen molar-refractivity contribution in [2.75, 3.05) is 5.75 Å². The quantitative estimate of drug-likeness (QED) is 0.517. The van der Waals surface area contributed by atoms with Crippen LogP contribution in [0.2, 0.25) is 0 Å². The Kier molecular flexibility index (Phi) is 9.95. The Labute approximate surface area is 185 Å². The van der Waals surface area contributed by atoms with E-state index in [2.05, 4.69) is 17.4 Å². The highest BCUT2D eigenvalue weighted by molar-refractivity contribution is 7.98. The lowest BCUT2D eigenvalue weighted by Gasteiger charge is -2.29. The van der Waals surface area contributed by atoms with Crippen LogP contribution in [0.1, 0.15) is 50.3 Å². The maximum Gasteiger partial charge on any atom is 0.242 e. The largest absolute Gasteiger partial charge is 0.352 e. The van der Waals surface area contributed by atoms with Gasteiger partial charge in [0.1, 0.15) is 6.04 Å². The molecule has 0 unspecified atom stereocenters. The molecule has 0 saturated carbocycles. The zero-order chi connectivity index (χ0) is 21.9. The van der Waals surface area contributed by atoms with E-state index >= 15 is 0 Å². The zero-order valence-corrected chi connectivity index (χ0v) is 19.4. The topological polar surface area (TPSA) is 49.4 Å². The molecule has 0 radical (unpaired) electrons. The predicted molar refractivity (Wildman–Crippen MR) is 126 cm³/mol. The number of hydrogen-bond acceptors (Lipinski definition) is 3. The summed E-state index contributed by atoms with van der Waals surface area (Å²) in [6, 6.07) is 18.0. The van der Waals surface area contributed by atoms with Crippen molar-refractivity contribution in [3.8, 4) is 0 Å². The number of carbonyl (C=O) groups is 2. The van der Waals surface area contributed by atoms with Crippen LogP contribution in [0.15, 0.2) is 54.6 Å². The number of thioether (sulfide) groups is 1. The molecule has 2 aromatic carbocycles. The van der Waals surface area contributed by atoms with E-state index in [-0.39, 0.29) is 17.9 Å². The number of hydrogen-bond donors (Lipinski definition) is 1. The summed E-state index contributed by atoms with van der Waals surface area (Å²) in [6.45, 7) is 8.32. The lowest BCUT2D eigenvalue weighted by Crippen LogP contribution is -2.49. The molecule has 2 rings (SSSR count). The Morgan fingerprint density at radius 2 is 1.67 bits per heavy atom. The highest BCUT2D eigenvalue weighted by Gasteiger charge is 2.26. The van der Waals surface area contributed by atoms with Crippen LogP contribution in [-0.2, 0) is 21.9 Å². The zero-order valence-electron chi connectivity index (χ0n) is 18.6. The van der Waals surface area contributed by atoms with E-state index in [4.69, 9.17) is 0 Å². The summed E-state index contributed by atoms with van der Waals surface area (Å²) in [4.78, 5) is 27.5. The fraction of sp³-hybridized carbons (Fsp3) is 0.440. The van der Waals surface area contributed by atoms with Gasteiger partial charge in [0.2, 0.25) is 11.8 Å². The smallest absolute Gasteiger partial charge is 0.242 e. The molecule has 5 heteroatoms. The van der Waals surface area contributed by atoms with Crippen molar-refractivity contribution in [3.63, 3.8) is 0 Å². The van der Waals surface area contributed by atoms with Crippen molar-refractivity contribution >= 4 is 23.6 Å². The van der Waals surface area contributed by atoms with E-state index in [1.807, 2.05) is 70.2 Å². The van der Waals surface area contributed by atoms with Crippen LogP contribution < -0.4 is 5.32 Å². The molecular weight excluding hydrogens is 392 g/mol. The molecule has 0 spiro atoms. The second kappa shape index (κ2) is 12.4. The summed E-state index contributed by atoms with van der Waals surface area (Å²) in [6.07, 6.45) is 1.28. The van der Waals surface area contributed by atoms with Crippen LogP contribution in [0.4, 0.5) is 0 Å². The fourth-order valence-electron chi connectivity index (χ4n) is 3.01. The minimum Gasteiger partial charge on any atom is -0.352 e. The highest BCUT2D eigenvalue weighted by Crippen LogP contribution is 2.16. The molecule has 0 aromatic heterocycles. The maximum absolute atomic E-state index is 13.1.